The number of aromatic nitrogens is 3. The second-order valence-corrected chi connectivity index (χ2v) is 4.78. The molecule has 0 aromatic carbocycles. The van der Waals surface area contributed by atoms with E-state index in [0.717, 1.165) is 5.82 Å². The zero-order valence-electron chi connectivity index (χ0n) is 11.7. The molecule has 0 radical (unpaired) electrons. The Morgan fingerprint density at radius 2 is 2.25 bits per heavy atom. The number of carbonyl (C=O) groups is 1. The monoisotopic (exact) mass is 273 g/mol. The molecule has 6 nitrogen and oxygen atoms in total. The number of nitrogens with zero attached hydrogens (tertiary/aromatic N) is 3. The minimum absolute atomic E-state index is 0.0182. The van der Waals surface area contributed by atoms with E-state index in [2.05, 4.69) is 34.4 Å². The fraction of sp³-hybridized carbons (Fsp3) is 0.357. The lowest BCUT2D eigenvalue weighted by Crippen LogP contribution is -2.27. The first kappa shape index (κ1) is 14.2. The van der Waals surface area contributed by atoms with Crippen molar-refractivity contribution >= 4 is 11.6 Å². The Kier molecular flexibility index (Phi) is 4.84. The Morgan fingerprint density at radius 1 is 1.40 bits per heavy atom. The zero-order chi connectivity index (χ0) is 14.4. The molecular formula is C14H19N5O. The molecule has 2 aromatic heterocycles. The van der Waals surface area contributed by atoms with Gasteiger partial charge in [0.05, 0.1) is 11.9 Å². The molecule has 106 valence electrons. The minimum Gasteiger partial charge on any atom is -0.325 e. The Hall–Kier alpha value is -2.21. The number of anilines is 1. The number of imidazole rings is 1. The smallest absolute Gasteiger partial charge is 0.225 e. The average molecular weight is 273 g/mol. The first-order valence-electron chi connectivity index (χ1n) is 6.63. The summed E-state index contributed by atoms with van der Waals surface area (Å²) in [6, 6.07) is 4.05. The van der Waals surface area contributed by atoms with Crippen molar-refractivity contribution in [2.45, 2.75) is 26.3 Å². The maximum atomic E-state index is 11.7. The van der Waals surface area contributed by atoms with Crippen LogP contribution in [-0.2, 0) is 4.79 Å². The van der Waals surface area contributed by atoms with Crippen molar-refractivity contribution in [1.29, 1.82) is 0 Å². The third-order valence-corrected chi connectivity index (χ3v) is 2.71. The van der Waals surface area contributed by atoms with Gasteiger partial charge in [0.15, 0.2) is 0 Å². The number of amides is 1. The summed E-state index contributed by atoms with van der Waals surface area (Å²) in [4.78, 5) is 20.0. The van der Waals surface area contributed by atoms with Gasteiger partial charge in [-0.15, -0.1) is 0 Å². The lowest BCUT2D eigenvalue weighted by molar-refractivity contribution is -0.116. The summed E-state index contributed by atoms with van der Waals surface area (Å²) in [6.45, 7) is 4.78. The van der Waals surface area contributed by atoms with Gasteiger partial charge in [0.1, 0.15) is 12.1 Å². The number of pyridine rings is 1. The van der Waals surface area contributed by atoms with E-state index in [1.54, 1.807) is 23.3 Å². The van der Waals surface area contributed by atoms with E-state index in [-0.39, 0.29) is 5.91 Å². The lowest BCUT2D eigenvalue weighted by atomic mass is 10.3. The Labute approximate surface area is 118 Å². The van der Waals surface area contributed by atoms with Crippen molar-refractivity contribution in [3.63, 3.8) is 0 Å². The summed E-state index contributed by atoms with van der Waals surface area (Å²) in [5.41, 5.74) is 0.698. The van der Waals surface area contributed by atoms with Crippen LogP contribution in [0.5, 0.6) is 0 Å². The number of rotatable bonds is 6. The number of nitrogens with one attached hydrogen (secondary N) is 2. The lowest BCUT2D eigenvalue weighted by Gasteiger charge is -2.08. The quantitative estimate of drug-likeness (QED) is 0.838. The van der Waals surface area contributed by atoms with Crippen LogP contribution in [0.4, 0.5) is 5.69 Å². The third-order valence-electron chi connectivity index (χ3n) is 2.71. The largest absolute Gasteiger partial charge is 0.325 e. The van der Waals surface area contributed by atoms with Crippen molar-refractivity contribution in [1.82, 2.24) is 19.9 Å². The van der Waals surface area contributed by atoms with Gasteiger partial charge in [-0.25, -0.2) is 9.97 Å². The van der Waals surface area contributed by atoms with Crippen molar-refractivity contribution in [2.75, 3.05) is 11.9 Å². The van der Waals surface area contributed by atoms with Gasteiger partial charge in [0.25, 0.3) is 0 Å². The normalized spacial score (nSPS) is 10.8. The van der Waals surface area contributed by atoms with Gasteiger partial charge >= 0.3 is 0 Å². The predicted octanol–water partition coefficient (Wildman–Crippen LogP) is 1.59. The van der Waals surface area contributed by atoms with Gasteiger partial charge in [-0.2, -0.15) is 0 Å². The van der Waals surface area contributed by atoms with Crippen LogP contribution in [0.1, 0.15) is 20.3 Å². The molecule has 0 atom stereocenters. The fourth-order valence-corrected chi connectivity index (χ4v) is 1.71. The summed E-state index contributed by atoms with van der Waals surface area (Å²) in [6.07, 6.45) is 7.28. The SMILES string of the molecule is CC(C)NCCC(=O)Nc1ccc(-n2ccnc2)nc1. The van der Waals surface area contributed by atoms with Crippen molar-refractivity contribution in [2.24, 2.45) is 0 Å². The van der Waals surface area contributed by atoms with Crippen LogP contribution in [0.15, 0.2) is 37.1 Å². The Morgan fingerprint density at radius 3 is 2.85 bits per heavy atom. The zero-order valence-corrected chi connectivity index (χ0v) is 11.7. The summed E-state index contributed by atoms with van der Waals surface area (Å²) in [5, 5.41) is 6.02. The second kappa shape index (κ2) is 6.81. The summed E-state index contributed by atoms with van der Waals surface area (Å²) in [5.74, 6) is 0.748. The minimum atomic E-state index is -0.0182. The van der Waals surface area contributed by atoms with Crippen molar-refractivity contribution in [3.8, 4) is 5.82 Å². The summed E-state index contributed by atoms with van der Waals surface area (Å²) < 4.78 is 1.80. The average Bonchev–Trinajstić information content (AvgIpc) is 2.93. The van der Waals surface area contributed by atoms with E-state index in [0.29, 0.717) is 24.7 Å². The van der Waals surface area contributed by atoms with Gasteiger partial charge in [-0.05, 0) is 12.1 Å². The number of carbonyl (C=O) groups excluding carboxylic acids is 1. The molecule has 20 heavy (non-hydrogen) atoms. The molecule has 0 aliphatic carbocycles. The number of hydrogen-bond donors (Lipinski definition) is 2. The van der Waals surface area contributed by atoms with Crippen molar-refractivity contribution < 1.29 is 4.79 Å². The Balaban J connectivity index is 1.86. The third kappa shape index (κ3) is 4.17. The first-order chi connectivity index (χ1) is 9.65. The fourth-order valence-electron chi connectivity index (χ4n) is 1.71. The number of hydrogen-bond acceptors (Lipinski definition) is 4. The molecule has 0 aliphatic heterocycles. The van der Waals surface area contributed by atoms with Gasteiger partial charge in [0.2, 0.25) is 5.91 Å². The van der Waals surface area contributed by atoms with Gasteiger partial charge < -0.3 is 10.6 Å². The van der Waals surface area contributed by atoms with E-state index in [4.69, 9.17) is 0 Å². The van der Waals surface area contributed by atoms with Crippen LogP contribution in [0.3, 0.4) is 0 Å². The highest BCUT2D eigenvalue weighted by Gasteiger charge is 2.04. The highest BCUT2D eigenvalue weighted by Crippen LogP contribution is 2.09. The van der Waals surface area contributed by atoms with Crippen LogP contribution >= 0.6 is 0 Å². The van der Waals surface area contributed by atoms with Crippen molar-refractivity contribution in [3.05, 3.63) is 37.1 Å². The molecule has 0 bridgehead atoms. The molecule has 2 aromatic rings. The standard InChI is InChI=1S/C14H19N5O/c1-11(2)16-6-5-14(20)18-12-3-4-13(17-9-12)19-8-7-15-10-19/h3-4,7-11,16H,5-6H2,1-2H3,(H,18,20). The summed E-state index contributed by atoms with van der Waals surface area (Å²) >= 11 is 0. The first-order valence-corrected chi connectivity index (χ1v) is 6.63. The molecular weight excluding hydrogens is 254 g/mol. The molecule has 0 unspecified atom stereocenters. The molecule has 0 saturated carbocycles. The molecule has 1 amide bonds. The van der Waals surface area contributed by atoms with E-state index in [1.165, 1.54) is 0 Å². The van der Waals surface area contributed by atoms with E-state index >= 15 is 0 Å². The molecule has 0 aliphatic rings. The predicted molar refractivity (Wildman–Crippen MR) is 77.7 cm³/mol. The summed E-state index contributed by atoms with van der Waals surface area (Å²) in [7, 11) is 0. The maximum Gasteiger partial charge on any atom is 0.225 e. The van der Waals surface area contributed by atoms with Crippen LogP contribution in [0, 0.1) is 0 Å². The van der Waals surface area contributed by atoms with E-state index in [1.807, 2.05) is 18.3 Å². The van der Waals surface area contributed by atoms with Crippen LogP contribution in [0.25, 0.3) is 5.82 Å². The molecule has 0 fully saturated rings. The topological polar surface area (TPSA) is 71.8 Å². The van der Waals surface area contributed by atoms with Crippen LogP contribution < -0.4 is 10.6 Å². The molecule has 2 rings (SSSR count). The molecule has 0 saturated heterocycles. The molecule has 2 heterocycles. The Bertz CT molecular complexity index is 533. The maximum absolute atomic E-state index is 11.7. The van der Waals surface area contributed by atoms with Gasteiger partial charge in [-0.3, -0.25) is 9.36 Å². The second-order valence-electron chi connectivity index (χ2n) is 4.78. The van der Waals surface area contributed by atoms with Gasteiger partial charge in [-0.1, -0.05) is 13.8 Å². The molecule has 0 spiro atoms. The highest BCUT2D eigenvalue weighted by molar-refractivity contribution is 5.90. The highest BCUT2D eigenvalue weighted by atomic mass is 16.1. The molecule has 2 N–H and O–H groups in total. The van der Waals surface area contributed by atoms with Crippen LogP contribution in [0.2, 0.25) is 0 Å². The van der Waals surface area contributed by atoms with Gasteiger partial charge in [0, 0.05) is 31.4 Å². The van der Waals surface area contributed by atoms with Crippen LogP contribution in [-0.4, -0.2) is 33.0 Å². The molecule has 6 heteroatoms. The van der Waals surface area contributed by atoms with E-state index in [9.17, 15) is 4.79 Å². The van der Waals surface area contributed by atoms with E-state index < -0.39 is 0 Å².